The molecule has 0 radical (unpaired) electrons. The number of allylic oxidation sites excluding steroid dienone is 3. The average Bonchev–Trinajstić information content (AvgIpc) is 2.77. The fraction of sp³-hybridized carbons (Fsp3) is 0.333. The molecule has 0 amide bonds. The zero-order valence-corrected chi connectivity index (χ0v) is 17.0. The summed E-state index contributed by atoms with van der Waals surface area (Å²) in [5.41, 5.74) is 2.33. The van der Waals surface area contributed by atoms with Crippen molar-refractivity contribution >= 4 is 6.08 Å². The second kappa shape index (κ2) is 9.36. The molecule has 0 unspecified atom stereocenters. The Bertz CT molecular complexity index is 854. The van der Waals surface area contributed by atoms with Gasteiger partial charge in [0.25, 0.3) is 0 Å². The Balaban J connectivity index is 1.85. The van der Waals surface area contributed by atoms with Gasteiger partial charge in [0.2, 0.25) is 0 Å². The van der Waals surface area contributed by atoms with Crippen molar-refractivity contribution in [3.8, 4) is 23.0 Å². The molecule has 1 aliphatic carbocycles. The largest absolute Gasteiger partial charge is 0.493 e. The van der Waals surface area contributed by atoms with Gasteiger partial charge >= 0.3 is 0 Å². The fourth-order valence-corrected chi connectivity index (χ4v) is 3.68. The van der Waals surface area contributed by atoms with Crippen molar-refractivity contribution in [2.75, 3.05) is 28.4 Å². The number of benzene rings is 2. The van der Waals surface area contributed by atoms with E-state index >= 15 is 0 Å². The molecule has 28 heavy (non-hydrogen) atoms. The Kier molecular flexibility index (Phi) is 6.64. The number of ether oxygens (including phenoxy) is 4. The second-order valence-electron chi connectivity index (χ2n) is 6.78. The molecule has 0 aliphatic heterocycles. The van der Waals surface area contributed by atoms with Crippen molar-refractivity contribution in [1.82, 2.24) is 0 Å². The molecule has 1 aliphatic rings. The second-order valence-corrected chi connectivity index (χ2v) is 6.78. The van der Waals surface area contributed by atoms with Crippen LogP contribution in [-0.2, 0) is 0 Å². The summed E-state index contributed by atoms with van der Waals surface area (Å²) in [5, 5.41) is 0. The molecule has 0 aromatic heterocycles. The fourth-order valence-electron chi connectivity index (χ4n) is 3.68. The maximum atomic E-state index is 5.49. The molecule has 3 rings (SSSR count). The lowest BCUT2D eigenvalue weighted by Crippen LogP contribution is -2.12. The lowest BCUT2D eigenvalue weighted by molar-refractivity contribution is 0.354. The molecule has 2 atom stereocenters. The predicted octanol–water partition coefficient (Wildman–Crippen LogP) is 5.48. The molecule has 0 N–H and O–H groups in total. The van der Waals surface area contributed by atoms with Gasteiger partial charge < -0.3 is 18.9 Å². The molecular formula is C24H28O4. The molecular weight excluding hydrogens is 352 g/mol. The zero-order valence-electron chi connectivity index (χ0n) is 17.0. The van der Waals surface area contributed by atoms with E-state index in [-0.39, 0.29) is 0 Å². The zero-order chi connectivity index (χ0) is 19.9. The number of hydrogen-bond donors (Lipinski definition) is 0. The minimum atomic E-state index is 0.310. The van der Waals surface area contributed by atoms with E-state index in [0.29, 0.717) is 11.8 Å². The highest BCUT2D eigenvalue weighted by Crippen LogP contribution is 2.39. The highest BCUT2D eigenvalue weighted by molar-refractivity contribution is 5.56. The molecule has 0 fully saturated rings. The van der Waals surface area contributed by atoms with Crippen molar-refractivity contribution in [2.24, 2.45) is 5.92 Å². The van der Waals surface area contributed by atoms with Crippen LogP contribution in [0.3, 0.4) is 0 Å². The lowest BCUT2D eigenvalue weighted by atomic mass is 9.79. The van der Waals surface area contributed by atoms with Gasteiger partial charge in [0, 0.05) is 5.92 Å². The Morgan fingerprint density at radius 3 is 2.11 bits per heavy atom. The molecule has 0 spiro atoms. The quantitative estimate of drug-likeness (QED) is 0.596. The number of rotatable bonds is 7. The van der Waals surface area contributed by atoms with Gasteiger partial charge in [0.15, 0.2) is 23.0 Å². The monoisotopic (exact) mass is 380 g/mol. The molecule has 2 aromatic carbocycles. The third-order valence-corrected chi connectivity index (χ3v) is 5.21. The smallest absolute Gasteiger partial charge is 0.161 e. The van der Waals surface area contributed by atoms with Gasteiger partial charge in [-0.1, -0.05) is 36.4 Å². The third-order valence-electron chi connectivity index (χ3n) is 5.21. The Hall–Kier alpha value is -2.88. The SMILES string of the molecule is COc1ccc(C=C[C@H]2CCC=C[C@H]2c2ccc(OC)c(OC)c2)cc1OC. The predicted molar refractivity (Wildman–Crippen MR) is 113 cm³/mol. The van der Waals surface area contributed by atoms with Crippen LogP contribution >= 0.6 is 0 Å². The topological polar surface area (TPSA) is 36.9 Å². The number of hydrogen-bond acceptors (Lipinski definition) is 4. The van der Waals surface area contributed by atoms with Crippen molar-refractivity contribution in [2.45, 2.75) is 18.8 Å². The van der Waals surface area contributed by atoms with Crippen LogP contribution in [-0.4, -0.2) is 28.4 Å². The van der Waals surface area contributed by atoms with Gasteiger partial charge in [-0.2, -0.15) is 0 Å². The molecule has 0 heterocycles. The van der Waals surface area contributed by atoms with Gasteiger partial charge in [0.05, 0.1) is 28.4 Å². The van der Waals surface area contributed by atoms with E-state index < -0.39 is 0 Å². The normalized spacial score (nSPS) is 18.9. The van der Waals surface area contributed by atoms with E-state index in [1.807, 2.05) is 24.3 Å². The first-order valence-electron chi connectivity index (χ1n) is 9.49. The Morgan fingerprint density at radius 1 is 0.786 bits per heavy atom. The van der Waals surface area contributed by atoms with Crippen LogP contribution in [0.15, 0.2) is 54.6 Å². The highest BCUT2D eigenvalue weighted by Gasteiger charge is 2.22. The first-order valence-corrected chi connectivity index (χ1v) is 9.49. The summed E-state index contributed by atoms with van der Waals surface area (Å²) >= 11 is 0. The summed E-state index contributed by atoms with van der Waals surface area (Å²) < 4.78 is 21.6. The van der Waals surface area contributed by atoms with Crippen LogP contribution < -0.4 is 18.9 Å². The van der Waals surface area contributed by atoms with Gasteiger partial charge in [-0.3, -0.25) is 0 Å². The summed E-state index contributed by atoms with van der Waals surface area (Å²) in [6.45, 7) is 0. The van der Waals surface area contributed by atoms with E-state index in [2.05, 4.69) is 36.4 Å². The minimum Gasteiger partial charge on any atom is -0.493 e. The third kappa shape index (κ3) is 4.33. The van der Waals surface area contributed by atoms with E-state index in [1.54, 1.807) is 28.4 Å². The molecule has 0 saturated carbocycles. The lowest BCUT2D eigenvalue weighted by Gasteiger charge is -2.26. The molecule has 0 bridgehead atoms. The summed E-state index contributed by atoms with van der Waals surface area (Å²) in [6, 6.07) is 12.2. The summed E-state index contributed by atoms with van der Waals surface area (Å²) in [5.74, 6) is 3.72. The molecule has 4 heteroatoms. The highest BCUT2D eigenvalue weighted by atomic mass is 16.5. The van der Waals surface area contributed by atoms with Crippen molar-refractivity contribution in [3.05, 3.63) is 65.8 Å². The Labute approximate surface area is 167 Å². The van der Waals surface area contributed by atoms with E-state index in [0.717, 1.165) is 41.4 Å². The maximum Gasteiger partial charge on any atom is 0.161 e. The molecule has 2 aromatic rings. The van der Waals surface area contributed by atoms with Crippen molar-refractivity contribution < 1.29 is 18.9 Å². The van der Waals surface area contributed by atoms with Gasteiger partial charge in [-0.15, -0.1) is 0 Å². The Morgan fingerprint density at radius 2 is 1.43 bits per heavy atom. The first kappa shape index (κ1) is 19.9. The van der Waals surface area contributed by atoms with Crippen molar-refractivity contribution in [1.29, 1.82) is 0 Å². The van der Waals surface area contributed by atoms with Gasteiger partial charge in [0.1, 0.15) is 0 Å². The molecule has 4 nitrogen and oxygen atoms in total. The maximum absolute atomic E-state index is 5.49. The van der Waals surface area contributed by atoms with Crippen LogP contribution in [0.4, 0.5) is 0 Å². The van der Waals surface area contributed by atoms with E-state index in [9.17, 15) is 0 Å². The van der Waals surface area contributed by atoms with Crippen molar-refractivity contribution in [3.63, 3.8) is 0 Å². The molecule has 148 valence electrons. The summed E-state index contributed by atoms with van der Waals surface area (Å²) in [7, 11) is 6.64. The molecule has 0 saturated heterocycles. The van der Waals surface area contributed by atoms with Crippen LogP contribution in [0.5, 0.6) is 23.0 Å². The average molecular weight is 380 g/mol. The van der Waals surface area contributed by atoms with Crippen LogP contribution in [0.2, 0.25) is 0 Å². The standard InChI is InChI=1S/C24H28O4/c1-25-21-13-10-17(15-23(21)27-3)9-11-18-7-5-6-8-20(18)19-12-14-22(26-2)24(16-19)28-4/h6,8-16,18,20H,5,7H2,1-4H3/t18-,20-/m1/s1. The first-order chi connectivity index (χ1) is 13.7. The summed E-state index contributed by atoms with van der Waals surface area (Å²) in [6.07, 6.45) is 11.2. The van der Waals surface area contributed by atoms with Gasteiger partial charge in [-0.05, 0) is 54.2 Å². The van der Waals surface area contributed by atoms with Crippen LogP contribution in [0.1, 0.15) is 29.9 Å². The van der Waals surface area contributed by atoms with Gasteiger partial charge in [-0.25, -0.2) is 0 Å². The van der Waals surface area contributed by atoms with Crippen LogP contribution in [0.25, 0.3) is 6.08 Å². The van der Waals surface area contributed by atoms with E-state index in [1.165, 1.54) is 5.56 Å². The minimum absolute atomic E-state index is 0.310. The number of methoxy groups -OCH3 is 4. The van der Waals surface area contributed by atoms with E-state index in [4.69, 9.17) is 18.9 Å². The summed E-state index contributed by atoms with van der Waals surface area (Å²) in [4.78, 5) is 0. The van der Waals surface area contributed by atoms with Crippen LogP contribution in [0, 0.1) is 5.92 Å².